The number of amides is 1. The van der Waals surface area contributed by atoms with Crippen molar-refractivity contribution < 1.29 is 4.79 Å². The van der Waals surface area contributed by atoms with Crippen LogP contribution in [0.3, 0.4) is 0 Å². The van der Waals surface area contributed by atoms with Crippen LogP contribution in [0.25, 0.3) is 0 Å². The van der Waals surface area contributed by atoms with E-state index in [2.05, 4.69) is 24.5 Å². The lowest BCUT2D eigenvalue weighted by Gasteiger charge is -2.30. The SMILES string of the molecule is CC(CC(=O)NC1(C)CCCC1)C1CCCNC1.Cl. The van der Waals surface area contributed by atoms with E-state index in [0.29, 0.717) is 18.3 Å². The highest BCUT2D eigenvalue weighted by atomic mass is 35.5. The second-order valence-corrected chi connectivity index (χ2v) is 6.60. The number of rotatable bonds is 4. The quantitative estimate of drug-likeness (QED) is 0.835. The molecule has 2 fully saturated rings. The van der Waals surface area contributed by atoms with Gasteiger partial charge in [0.15, 0.2) is 0 Å². The number of nitrogens with one attached hydrogen (secondary N) is 2. The number of piperidine rings is 1. The van der Waals surface area contributed by atoms with Crippen LogP contribution in [0.2, 0.25) is 0 Å². The second kappa shape index (κ2) is 7.49. The molecule has 2 atom stereocenters. The van der Waals surface area contributed by atoms with E-state index >= 15 is 0 Å². The minimum absolute atomic E-state index is 0. The molecule has 2 N–H and O–H groups in total. The van der Waals surface area contributed by atoms with E-state index in [1.165, 1.54) is 25.7 Å². The highest BCUT2D eigenvalue weighted by molar-refractivity contribution is 5.85. The first-order valence-corrected chi connectivity index (χ1v) is 7.61. The molecule has 0 spiro atoms. The minimum Gasteiger partial charge on any atom is -0.351 e. The largest absolute Gasteiger partial charge is 0.351 e. The summed E-state index contributed by atoms with van der Waals surface area (Å²) < 4.78 is 0. The van der Waals surface area contributed by atoms with Gasteiger partial charge in [0.1, 0.15) is 0 Å². The summed E-state index contributed by atoms with van der Waals surface area (Å²) in [7, 11) is 0. The van der Waals surface area contributed by atoms with Crippen molar-refractivity contribution in [2.24, 2.45) is 11.8 Å². The Morgan fingerprint density at radius 2 is 2.05 bits per heavy atom. The van der Waals surface area contributed by atoms with Crippen molar-refractivity contribution in [3.05, 3.63) is 0 Å². The van der Waals surface area contributed by atoms with Gasteiger partial charge in [-0.1, -0.05) is 19.8 Å². The van der Waals surface area contributed by atoms with Gasteiger partial charge in [-0.15, -0.1) is 12.4 Å². The third-order valence-electron chi connectivity index (χ3n) is 4.80. The number of hydrogen-bond donors (Lipinski definition) is 2. The third kappa shape index (κ3) is 4.96. The van der Waals surface area contributed by atoms with Crippen molar-refractivity contribution in [2.75, 3.05) is 13.1 Å². The van der Waals surface area contributed by atoms with Crippen LogP contribution in [0.5, 0.6) is 0 Å². The molecule has 0 aromatic carbocycles. The smallest absolute Gasteiger partial charge is 0.220 e. The number of halogens is 1. The second-order valence-electron chi connectivity index (χ2n) is 6.60. The summed E-state index contributed by atoms with van der Waals surface area (Å²) >= 11 is 0. The fourth-order valence-electron chi connectivity index (χ4n) is 3.49. The van der Waals surface area contributed by atoms with E-state index in [-0.39, 0.29) is 23.9 Å². The Hall–Kier alpha value is -0.280. The van der Waals surface area contributed by atoms with Crippen molar-refractivity contribution in [1.29, 1.82) is 0 Å². The summed E-state index contributed by atoms with van der Waals surface area (Å²) in [6.07, 6.45) is 8.06. The lowest BCUT2D eigenvalue weighted by molar-refractivity contribution is -0.124. The summed E-state index contributed by atoms with van der Waals surface area (Å²) in [6.45, 7) is 6.66. The van der Waals surface area contributed by atoms with Crippen molar-refractivity contribution in [1.82, 2.24) is 10.6 Å². The third-order valence-corrected chi connectivity index (χ3v) is 4.80. The summed E-state index contributed by atoms with van der Waals surface area (Å²) in [5, 5.41) is 6.70. The number of carbonyl (C=O) groups excluding carboxylic acids is 1. The van der Waals surface area contributed by atoms with Crippen LogP contribution < -0.4 is 10.6 Å². The Morgan fingerprint density at radius 3 is 2.63 bits per heavy atom. The standard InChI is InChI=1S/C15H28N2O.ClH/c1-12(13-6-5-9-16-11-13)10-14(18)17-15(2)7-3-4-8-15;/h12-13,16H,3-11H2,1-2H3,(H,17,18);1H. The van der Waals surface area contributed by atoms with Gasteiger partial charge in [0, 0.05) is 12.0 Å². The molecule has 2 unspecified atom stereocenters. The van der Waals surface area contributed by atoms with Gasteiger partial charge in [0.05, 0.1) is 0 Å². The normalized spacial score (nSPS) is 27.4. The lowest BCUT2D eigenvalue weighted by Crippen LogP contribution is -2.45. The van der Waals surface area contributed by atoms with Crippen LogP contribution in [0.15, 0.2) is 0 Å². The molecule has 112 valence electrons. The molecule has 1 aliphatic heterocycles. The van der Waals surface area contributed by atoms with Crippen molar-refractivity contribution in [3.63, 3.8) is 0 Å². The highest BCUT2D eigenvalue weighted by Crippen LogP contribution is 2.29. The van der Waals surface area contributed by atoms with Crippen LogP contribution in [0, 0.1) is 11.8 Å². The van der Waals surface area contributed by atoms with E-state index in [1.807, 2.05) is 0 Å². The molecule has 1 aliphatic carbocycles. The van der Waals surface area contributed by atoms with Crippen molar-refractivity contribution in [2.45, 2.75) is 64.3 Å². The number of hydrogen-bond acceptors (Lipinski definition) is 2. The Balaban J connectivity index is 0.00000180. The van der Waals surface area contributed by atoms with Gasteiger partial charge in [-0.05, 0) is 57.5 Å². The van der Waals surface area contributed by atoms with Crippen LogP contribution in [-0.2, 0) is 4.79 Å². The van der Waals surface area contributed by atoms with E-state index in [9.17, 15) is 4.79 Å². The molecule has 3 nitrogen and oxygen atoms in total. The Labute approximate surface area is 123 Å². The summed E-state index contributed by atoms with van der Waals surface area (Å²) in [5.41, 5.74) is 0.0849. The maximum Gasteiger partial charge on any atom is 0.220 e. The summed E-state index contributed by atoms with van der Waals surface area (Å²) in [4.78, 5) is 12.1. The minimum atomic E-state index is 0. The molecule has 0 radical (unpaired) electrons. The van der Waals surface area contributed by atoms with Gasteiger partial charge in [-0.3, -0.25) is 4.79 Å². The summed E-state index contributed by atoms with van der Waals surface area (Å²) in [6, 6.07) is 0. The first kappa shape index (κ1) is 16.8. The molecule has 1 saturated heterocycles. The van der Waals surface area contributed by atoms with Crippen LogP contribution in [0.4, 0.5) is 0 Å². The molecule has 1 heterocycles. The topological polar surface area (TPSA) is 41.1 Å². The maximum atomic E-state index is 12.1. The van der Waals surface area contributed by atoms with Gasteiger partial charge in [0.2, 0.25) is 5.91 Å². The highest BCUT2D eigenvalue weighted by Gasteiger charge is 2.31. The molecule has 19 heavy (non-hydrogen) atoms. The molecular formula is C15H29ClN2O. The number of carbonyl (C=O) groups is 1. The van der Waals surface area contributed by atoms with Gasteiger partial charge in [-0.25, -0.2) is 0 Å². The molecule has 1 saturated carbocycles. The zero-order valence-electron chi connectivity index (χ0n) is 12.3. The van der Waals surface area contributed by atoms with Gasteiger partial charge in [-0.2, -0.15) is 0 Å². The van der Waals surface area contributed by atoms with Crippen LogP contribution >= 0.6 is 12.4 Å². The molecule has 1 amide bonds. The fraction of sp³-hybridized carbons (Fsp3) is 0.933. The van der Waals surface area contributed by atoms with Crippen molar-refractivity contribution >= 4 is 18.3 Å². The van der Waals surface area contributed by atoms with Gasteiger partial charge < -0.3 is 10.6 Å². The fourth-order valence-corrected chi connectivity index (χ4v) is 3.49. The first-order valence-electron chi connectivity index (χ1n) is 7.61. The molecule has 2 aliphatic rings. The van der Waals surface area contributed by atoms with Crippen LogP contribution in [0.1, 0.15) is 58.8 Å². The average Bonchev–Trinajstić information content (AvgIpc) is 2.76. The first-order chi connectivity index (χ1) is 8.59. The average molecular weight is 289 g/mol. The predicted octanol–water partition coefficient (Wildman–Crippen LogP) is 2.88. The Morgan fingerprint density at radius 1 is 1.37 bits per heavy atom. The molecular weight excluding hydrogens is 260 g/mol. The van der Waals surface area contributed by atoms with E-state index < -0.39 is 0 Å². The lowest BCUT2D eigenvalue weighted by atomic mass is 9.85. The van der Waals surface area contributed by atoms with Crippen LogP contribution in [-0.4, -0.2) is 24.5 Å². The zero-order chi connectivity index (χ0) is 13.0. The van der Waals surface area contributed by atoms with Gasteiger partial charge in [0.25, 0.3) is 0 Å². The molecule has 0 aromatic heterocycles. The molecule has 4 heteroatoms. The summed E-state index contributed by atoms with van der Waals surface area (Å²) in [5.74, 6) is 1.45. The Kier molecular flexibility index (Phi) is 6.61. The monoisotopic (exact) mass is 288 g/mol. The van der Waals surface area contributed by atoms with E-state index in [1.54, 1.807) is 0 Å². The van der Waals surface area contributed by atoms with Crippen molar-refractivity contribution in [3.8, 4) is 0 Å². The Bertz CT molecular complexity index is 284. The molecule has 0 aromatic rings. The predicted molar refractivity (Wildman–Crippen MR) is 81.6 cm³/mol. The maximum absolute atomic E-state index is 12.1. The van der Waals surface area contributed by atoms with Gasteiger partial charge >= 0.3 is 0 Å². The van der Waals surface area contributed by atoms with E-state index in [4.69, 9.17) is 0 Å². The molecule has 2 rings (SSSR count). The van der Waals surface area contributed by atoms with E-state index in [0.717, 1.165) is 25.9 Å². The molecule has 0 bridgehead atoms. The zero-order valence-corrected chi connectivity index (χ0v) is 13.2.